The number of halogens is 1. The molecule has 6 heteroatoms. The number of rotatable bonds is 3. The molecule has 2 aromatic heterocycles. The normalized spacial score (nSPS) is 11.2. The lowest BCUT2D eigenvalue weighted by Gasteiger charge is -2.08. The molecule has 2 aromatic carbocycles. The smallest absolute Gasteiger partial charge is 0.180 e. The molecule has 0 fully saturated rings. The Morgan fingerprint density at radius 2 is 1.91 bits per heavy atom. The van der Waals surface area contributed by atoms with E-state index in [-0.39, 0.29) is 0 Å². The van der Waals surface area contributed by atoms with Gasteiger partial charge in [-0.3, -0.25) is 0 Å². The van der Waals surface area contributed by atoms with E-state index in [9.17, 15) is 0 Å². The van der Waals surface area contributed by atoms with Gasteiger partial charge in [0.2, 0.25) is 0 Å². The van der Waals surface area contributed by atoms with Crippen molar-refractivity contribution in [2.45, 2.75) is 6.54 Å². The van der Waals surface area contributed by atoms with Crippen LogP contribution in [0.2, 0.25) is 5.02 Å². The maximum Gasteiger partial charge on any atom is 0.180 e. The maximum atomic E-state index is 6.11. The van der Waals surface area contributed by atoms with Gasteiger partial charge in [0.15, 0.2) is 11.0 Å². The summed E-state index contributed by atoms with van der Waals surface area (Å²) in [7, 11) is 0. The minimum Gasteiger partial charge on any atom is -0.375 e. The van der Waals surface area contributed by atoms with Crippen molar-refractivity contribution in [3.8, 4) is 11.5 Å². The van der Waals surface area contributed by atoms with Gasteiger partial charge in [0.25, 0.3) is 0 Å². The fourth-order valence-corrected chi connectivity index (χ4v) is 3.32. The van der Waals surface area contributed by atoms with E-state index in [4.69, 9.17) is 22.3 Å². The van der Waals surface area contributed by atoms with Crippen LogP contribution in [0.1, 0.15) is 5.56 Å². The van der Waals surface area contributed by atoms with Crippen molar-refractivity contribution in [1.82, 2.24) is 14.5 Å². The van der Waals surface area contributed by atoms with Crippen molar-refractivity contribution < 1.29 is 0 Å². The SMILES string of the molecule is Nc1nc(-c2nc3cc(Cl)ccc3n2Cc2ccccc2)cs1. The molecule has 0 radical (unpaired) electrons. The zero-order valence-electron chi connectivity index (χ0n) is 12.1. The van der Waals surface area contributed by atoms with E-state index in [2.05, 4.69) is 21.7 Å². The van der Waals surface area contributed by atoms with Crippen LogP contribution in [0.4, 0.5) is 5.13 Å². The molecule has 23 heavy (non-hydrogen) atoms. The van der Waals surface area contributed by atoms with Gasteiger partial charge in [0.1, 0.15) is 5.69 Å². The van der Waals surface area contributed by atoms with Crippen molar-refractivity contribution in [1.29, 1.82) is 0 Å². The summed E-state index contributed by atoms with van der Waals surface area (Å²) in [6, 6.07) is 16.0. The Labute approximate surface area is 142 Å². The van der Waals surface area contributed by atoms with Crippen molar-refractivity contribution >= 4 is 39.1 Å². The van der Waals surface area contributed by atoms with Crippen LogP contribution < -0.4 is 5.73 Å². The Morgan fingerprint density at radius 3 is 2.65 bits per heavy atom. The number of nitrogens with two attached hydrogens (primary N) is 1. The number of benzene rings is 2. The molecule has 114 valence electrons. The fourth-order valence-electron chi connectivity index (χ4n) is 2.61. The number of thiazole rings is 1. The summed E-state index contributed by atoms with van der Waals surface area (Å²) < 4.78 is 2.15. The Kier molecular flexibility index (Phi) is 3.52. The molecular formula is C17H13ClN4S. The van der Waals surface area contributed by atoms with Crippen molar-refractivity contribution in [2.75, 3.05) is 5.73 Å². The van der Waals surface area contributed by atoms with Crippen LogP contribution in [0.25, 0.3) is 22.6 Å². The van der Waals surface area contributed by atoms with E-state index in [1.165, 1.54) is 16.9 Å². The number of nitrogens with zero attached hydrogens (tertiary/aromatic N) is 3. The molecule has 2 N–H and O–H groups in total. The van der Waals surface area contributed by atoms with E-state index in [0.717, 1.165) is 22.6 Å². The van der Waals surface area contributed by atoms with Gasteiger partial charge in [-0.25, -0.2) is 9.97 Å². The monoisotopic (exact) mass is 340 g/mol. The van der Waals surface area contributed by atoms with Gasteiger partial charge in [-0.15, -0.1) is 11.3 Å². The molecular weight excluding hydrogens is 328 g/mol. The quantitative estimate of drug-likeness (QED) is 0.599. The summed E-state index contributed by atoms with van der Waals surface area (Å²) in [6.45, 7) is 0.714. The molecule has 0 unspecified atom stereocenters. The van der Waals surface area contributed by atoms with Crippen molar-refractivity contribution in [3.63, 3.8) is 0 Å². The molecule has 4 rings (SSSR count). The van der Waals surface area contributed by atoms with Crippen molar-refractivity contribution in [3.05, 3.63) is 64.5 Å². The highest BCUT2D eigenvalue weighted by atomic mass is 35.5. The van der Waals surface area contributed by atoms with Crippen LogP contribution in [0.5, 0.6) is 0 Å². The summed E-state index contributed by atoms with van der Waals surface area (Å²) in [5.74, 6) is 0.805. The van der Waals surface area contributed by atoms with E-state index in [0.29, 0.717) is 16.7 Å². The number of anilines is 1. The third-order valence-electron chi connectivity index (χ3n) is 3.64. The summed E-state index contributed by atoms with van der Waals surface area (Å²) in [5, 5.41) is 3.14. The molecule has 0 amide bonds. The predicted octanol–water partition coefficient (Wildman–Crippen LogP) is 4.44. The van der Waals surface area contributed by atoms with Crippen molar-refractivity contribution in [2.24, 2.45) is 0 Å². The minimum atomic E-state index is 0.538. The van der Waals surface area contributed by atoms with Crippen LogP contribution in [-0.2, 0) is 6.54 Å². The molecule has 0 saturated heterocycles. The number of nitrogen functional groups attached to an aromatic ring is 1. The molecule has 0 aliphatic rings. The van der Waals surface area contributed by atoms with Gasteiger partial charge in [0.05, 0.1) is 11.0 Å². The second-order valence-electron chi connectivity index (χ2n) is 5.21. The number of fused-ring (bicyclic) bond motifs is 1. The summed E-state index contributed by atoms with van der Waals surface area (Å²) in [4.78, 5) is 9.10. The van der Waals surface area contributed by atoms with Gasteiger partial charge >= 0.3 is 0 Å². The molecule has 4 nitrogen and oxygen atoms in total. The molecule has 0 saturated carbocycles. The Balaban J connectivity index is 1.91. The first-order valence-corrected chi connectivity index (χ1v) is 8.37. The van der Waals surface area contributed by atoms with Crippen LogP contribution in [0, 0.1) is 0 Å². The first kappa shape index (κ1) is 14.2. The van der Waals surface area contributed by atoms with Gasteiger partial charge in [0, 0.05) is 16.9 Å². The highest BCUT2D eigenvalue weighted by Crippen LogP contribution is 2.29. The Hall–Kier alpha value is -2.37. The lowest BCUT2D eigenvalue weighted by molar-refractivity contribution is 0.831. The third-order valence-corrected chi connectivity index (χ3v) is 4.55. The Bertz CT molecular complexity index is 975. The zero-order valence-corrected chi connectivity index (χ0v) is 13.7. The van der Waals surface area contributed by atoms with E-state index >= 15 is 0 Å². The Morgan fingerprint density at radius 1 is 1.09 bits per heavy atom. The van der Waals surface area contributed by atoms with E-state index in [1.54, 1.807) is 0 Å². The van der Waals surface area contributed by atoms with Crippen LogP contribution >= 0.6 is 22.9 Å². The lowest BCUT2D eigenvalue weighted by Crippen LogP contribution is -2.02. The first-order chi connectivity index (χ1) is 11.2. The highest BCUT2D eigenvalue weighted by molar-refractivity contribution is 7.13. The standard InChI is InChI=1S/C17H13ClN4S/c18-12-6-7-15-13(8-12)20-16(14-10-23-17(19)21-14)22(15)9-11-4-2-1-3-5-11/h1-8,10H,9H2,(H2,19,21). The predicted molar refractivity (Wildman–Crippen MR) is 95.8 cm³/mol. The van der Waals surface area contributed by atoms with Gasteiger partial charge < -0.3 is 10.3 Å². The topological polar surface area (TPSA) is 56.7 Å². The van der Waals surface area contributed by atoms with Gasteiger partial charge in [-0.2, -0.15) is 0 Å². The number of hydrogen-bond acceptors (Lipinski definition) is 4. The van der Waals surface area contributed by atoms with Gasteiger partial charge in [-0.05, 0) is 23.8 Å². The van der Waals surface area contributed by atoms with Crippen LogP contribution in [0.15, 0.2) is 53.9 Å². The molecule has 0 spiro atoms. The highest BCUT2D eigenvalue weighted by Gasteiger charge is 2.15. The van der Waals surface area contributed by atoms with Crippen LogP contribution in [0.3, 0.4) is 0 Å². The fraction of sp³-hybridized carbons (Fsp3) is 0.0588. The molecule has 0 aliphatic heterocycles. The summed E-state index contributed by atoms with van der Waals surface area (Å²) in [6.07, 6.45) is 0. The maximum absolute atomic E-state index is 6.11. The summed E-state index contributed by atoms with van der Waals surface area (Å²) in [5.41, 5.74) is 9.66. The van der Waals surface area contributed by atoms with Crippen LogP contribution in [-0.4, -0.2) is 14.5 Å². The molecule has 0 atom stereocenters. The minimum absolute atomic E-state index is 0.538. The number of aromatic nitrogens is 3. The number of imidazole rings is 1. The zero-order chi connectivity index (χ0) is 15.8. The molecule has 0 aliphatic carbocycles. The third kappa shape index (κ3) is 2.69. The average molecular weight is 341 g/mol. The first-order valence-electron chi connectivity index (χ1n) is 7.12. The second-order valence-corrected chi connectivity index (χ2v) is 6.54. The molecule has 2 heterocycles. The molecule has 4 aromatic rings. The summed E-state index contributed by atoms with van der Waals surface area (Å²) >= 11 is 7.52. The number of hydrogen-bond donors (Lipinski definition) is 1. The van der Waals surface area contributed by atoms with E-state index in [1.807, 2.05) is 41.8 Å². The largest absolute Gasteiger partial charge is 0.375 e. The van der Waals surface area contributed by atoms with Gasteiger partial charge in [-0.1, -0.05) is 41.9 Å². The van der Waals surface area contributed by atoms with E-state index < -0.39 is 0 Å². The second kappa shape index (κ2) is 5.68. The lowest BCUT2D eigenvalue weighted by atomic mass is 10.2. The average Bonchev–Trinajstić information content (AvgIpc) is 3.12. The molecule has 0 bridgehead atoms.